The monoisotopic (exact) mass is 515 g/mol. The number of likely N-dealkylation sites (tertiary alicyclic amines) is 1. The van der Waals surface area contributed by atoms with Gasteiger partial charge in [-0.05, 0) is 57.2 Å². The summed E-state index contributed by atoms with van der Waals surface area (Å²) in [6, 6.07) is 5.48. The predicted molar refractivity (Wildman–Crippen MR) is 143 cm³/mol. The van der Waals surface area contributed by atoms with E-state index in [0.717, 1.165) is 49.0 Å². The van der Waals surface area contributed by atoms with Crippen LogP contribution in [0.5, 0.6) is 11.5 Å². The van der Waals surface area contributed by atoms with Crippen LogP contribution in [0, 0.1) is 6.92 Å². The summed E-state index contributed by atoms with van der Waals surface area (Å²) in [5, 5.41) is 22.3. The molecule has 0 spiro atoms. The maximum atomic E-state index is 11.4. The molecule has 10 heteroatoms. The van der Waals surface area contributed by atoms with Crippen LogP contribution in [-0.4, -0.2) is 76.5 Å². The van der Waals surface area contributed by atoms with Gasteiger partial charge in [0.05, 0.1) is 13.7 Å². The number of nitrogens with zero attached hydrogens (tertiary/aromatic N) is 3. The number of hydrogen-bond acceptors (Lipinski definition) is 9. The summed E-state index contributed by atoms with van der Waals surface area (Å²) in [6.45, 7) is 6.14. The lowest BCUT2D eigenvalue weighted by atomic mass is 10.0. The van der Waals surface area contributed by atoms with Crippen molar-refractivity contribution in [3.63, 3.8) is 0 Å². The van der Waals surface area contributed by atoms with Gasteiger partial charge in [-0.1, -0.05) is 19.4 Å². The lowest BCUT2D eigenvalue weighted by Gasteiger charge is -2.22. The van der Waals surface area contributed by atoms with Crippen molar-refractivity contribution in [1.29, 1.82) is 0 Å². The number of nitrogens with one attached hydrogen (secondary N) is 1. The minimum absolute atomic E-state index is 0.0893. The zero-order valence-corrected chi connectivity index (χ0v) is 22.2. The molecule has 0 saturated carbocycles. The number of aliphatic carboxylic acids is 1. The molecule has 2 aromatic rings. The highest BCUT2D eigenvalue weighted by Crippen LogP contribution is 2.30. The third-order valence-electron chi connectivity index (χ3n) is 6.82. The van der Waals surface area contributed by atoms with Crippen LogP contribution in [0.3, 0.4) is 0 Å². The van der Waals surface area contributed by atoms with Gasteiger partial charge in [-0.3, -0.25) is 9.69 Å². The Kier molecular flexibility index (Phi) is 10.8. The molecule has 0 bridgehead atoms. The quantitative estimate of drug-likeness (QED) is 0.261. The molecular formula is C27H41N5O5. The van der Waals surface area contributed by atoms with Crippen molar-refractivity contribution < 1.29 is 24.5 Å². The predicted octanol–water partition coefficient (Wildman–Crippen LogP) is 3.25. The van der Waals surface area contributed by atoms with Crippen LogP contribution in [-0.2, 0) is 11.2 Å². The number of carbonyl (C=O) groups is 1. The first-order valence-electron chi connectivity index (χ1n) is 13.1. The Bertz CT molecular complexity index is 1030. The zero-order chi connectivity index (χ0) is 26.8. The number of carboxylic acid groups (broad SMARTS) is 1. The molecular weight excluding hydrogens is 474 g/mol. The van der Waals surface area contributed by atoms with Crippen molar-refractivity contribution >= 4 is 17.7 Å². The van der Waals surface area contributed by atoms with E-state index < -0.39 is 5.97 Å². The van der Waals surface area contributed by atoms with Crippen LogP contribution in [0.1, 0.15) is 62.3 Å². The first-order valence-corrected chi connectivity index (χ1v) is 13.1. The summed E-state index contributed by atoms with van der Waals surface area (Å²) in [4.78, 5) is 22.2. The molecule has 1 saturated heterocycles. The van der Waals surface area contributed by atoms with Gasteiger partial charge >= 0.3 is 5.97 Å². The zero-order valence-electron chi connectivity index (χ0n) is 22.2. The maximum Gasteiger partial charge on any atom is 0.320 e. The van der Waals surface area contributed by atoms with Gasteiger partial charge in [0.25, 0.3) is 0 Å². The number of rotatable bonds is 15. The van der Waals surface area contributed by atoms with Gasteiger partial charge in [0.15, 0.2) is 0 Å². The molecule has 0 radical (unpaired) electrons. The van der Waals surface area contributed by atoms with Crippen LogP contribution in [0.15, 0.2) is 18.2 Å². The van der Waals surface area contributed by atoms with Gasteiger partial charge in [-0.25, -0.2) is 4.98 Å². The summed E-state index contributed by atoms with van der Waals surface area (Å²) in [7, 11) is 1.63. The van der Waals surface area contributed by atoms with Crippen molar-refractivity contribution in [2.24, 2.45) is 0 Å². The molecule has 1 aromatic heterocycles. The van der Waals surface area contributed by atoms with E-state index in [0.29, 0.717) is 49.7 Å². The Morgan fingerprint density at radius 2 is 2.14 bits per heavy atom. The second-order valence-corrected chi connectivity index (χ2v) is 9.52. The average molecular weight is 516 g/mol. The Balaban J connectivity index is 1.67. The standard InChI is InChI=1S/C27H41N5O5/c1-4-7-20(11-14-33)30-25-22(18(2)29-27(28)31-25)16-19-9-10-21(17-24(19)36-3)37-15-6-13-32-12-5-8-23(32)26(34)35/h9-10,17,20,23,33H,4-8,11-16H2,1-3H3,(H,34,35)(H3,28,29,30,31)/t20-,23?/m0/s1. The summed E-state index contributed by atoms with van der Waals surface area (Å²) in [6.07, 6.45) is 5.45. The molecule has 37 heavy (non-hydrogen) atoms. The van der Waals surface area contributed by atoms with Crippen molar-refractivity contribution in [1.82, 2.24) is 14.9 Å². The molecule has 0 aliphatic carbocycles. The molecule has 2 heterocycles. The van der Waals surface area contributed by atoms with Crippen molar-refractivity contribution in [3.05, 3.63) is 35.0 Å². The number of aryl methyl sites for hydroxylation is 1. The van der Waals surface area contributed by atoms with Crippen LogP contribution < -0.4 is 20.5 Å². The molecule has 1 aliphatic heterocycles. The lowest BCUT2D eigenvalue weighted by molar-refractivity contribution is -0.142. The van der Waals surface area contributed by atoms with E-state index >= 15 is 0 Å². The van der Waals surface area contributed by atoms with E-state index in [1.807, 2.05) is 30.0 Å². The Labute approximate surface area is 219 Å². The van der Waals surface area contributed by atoms with Crippen molar-refractivity contribution in [3.8, 4) is 11.5 Å². The second-order valence-electron chi connectivity index (χ2n) is 9.52. The number of anilines is 2. The minimum Gasteiger partial charge on any atom is -0.496 e. The first kappa shape index (κ1) is 28.5. The Morgan fingerprint density at radius 1 is 1.32 bits per heavy atom. The van der Waals surface area contributed by atoms with Crippen LogP contribution in [0.2, 0.25) is 0 Å². The van der Waals surface area contributed by atoms with Crippen LogP contribution >= 0.6 is 0 Å². The fourth-order valence-electron chi connectivity index (χ4n) is 4.92. The summed E-state index contributed by atoms with van der Waals surface area (Å²) < 4.78 is 11.6. The normalized spacial score (nSPS) is 16.5. The molecule has 1 aromatic carbocycles. The molecule has 3 rings (SSSR count). The van der Waals surface area contributed by atoms with E-state index in [-0.39, 0.29) is 24.6 Å². The lowest BCUT2D eigenvalue weighted by Crippen LogP contribution is -2.36. The number of aliphatic hydroxyl groups is 1. The molecule has 2 atom stereocenters. The number of aromatic nitrogens is 2. The number of hydrogen-bond donors (Lipinski definition) is 4. The van der Waals surface area contributed by atoms with E-state index in [9.17, 15) is 15.0 Å². The molecule has 5 N–H and O–H groups in total. The van der Waals surface area contributed by atoms with Gasteiger partial charge in [-0.2, -0.15) is 4.98 Å². The highest BCUT2D eigenvalue weighted by atomic mass is 16.5. The molecule has 1 aliphatic rings. The third-order valence-corrected chi connectivity index (χ3v) is 6.82. The topological polar surface area (TPSA) is 143 Å². The molecule has 0 amide bonds. The van der Waals surface area contributed by atoms with E-state index in [1.165, 1.54) is 0 Å². The van der Waals surface area contributed by atoms with Gasteiger partial charge in [0.1, 0.15) is 23.4 Å². The number of nitrogen functional groups attached to an aromatic ring is 1. The van der Waals surface area contributed by atoms with Crippen molar-refractivity contribution in [2.45, 2.75) is 70.9 Å². The minimum atomic E-state index is -0.742. The summed E-state index contributed by atoms with van der Waals surface area (Å²) in [5.41, 5.74) is 8.64. The van der Waals surface area contributed by atoms with E-state index in [4.69, 9.17) is 15.2 Å². The number of methoxy groups -OCH3 is 1. The van der Waals surface area contributed by atoms with E-state index in [1.54, 1.807) is 7.11 Å². The van der Waals surface area contributed by atoms with Crippen LogP contribution in [0.4, 0.5) is 11.8 Å². The largest absolute Gasteiger partial charge is 0.496 e. The van der Waals surface area contributed by atoms with Gasteiger partial charge < -0.3 is 30.7 Å². The maximum absolute atomic E-state index is 11.4. The van der Waals surface area contributed by atoms with E-state index in [2.05, 4.69) is 22.2 Å². The third kappa shape index (κ3) is 7.93. The average Bonchev–Trinajstić information content (AvgIpc) is 3.34. The highest BCUT2D eigenvalue weighted by molar-refractivity contribution is 5.73. The molecule has 1 fully saturated rings. The van der Waals surface area contributed by atoms with Crippen molar-refractivity contribution in [2.75, 3.05) is 44.5 Å². The first-order chi connectivity index (χ1) is 17.9. The SMILES string of the molecule is CCC[C@@H](CCO)Nc1nc(N)nc(C)c1Cc1ccc(OCCCN2CCCC2C(=O)O)cc1OC. The number of benzene rings is 1. The summed E-state index contributed by atoms with van der Waals surface area (Å²) >= 11 is 0. The Hall–Kier alpha value is -3.11. The highest BCUT2D eigenvalue weighted by Gasteiger charge is 2.29. The molecule has 204 valence electrons. The Morgan fingerprint density at radius 3 is 2.84 bits per heavy atom. The molecule has 10 nitrogen and oxygen atoms in total. The number of carboxylic acids is 1. The fraction of sp³-hybridized carbons (Fsp3) is 0.593. The summed E-state index contributed by atoms with van der Waals surface area (Å²) in [5.74, 6) is 1.55. The van der Waals surface area contributed by atoms with Gasteiger partial charge in [0.2, 0.25) is 5.95 Å². The van der Waals surface area contributed by atoms with Gasteiger partial charge in [-0.15, -0.1) is 0 Å². The smallest absolute Gasteiger partial charge is 0.320 e. The number of nitrogens with two attached hydrogens (primary N) is 1. The molecule has 1 unspecified atom stereocenters. The number of ether oxygens (including phenoxy) is 2. The second kappa shape index (κ2) is 14.0. The fourth-order valence-corrected chi connectivity index (χ4v) is 4.92. The van der Waals surface area contributed by atoms with Gasteiger partial charge in [0, 0.05) is 42.9 Å². The number of aliphatic hydroxyl groups excluding tert-OH is 1. The van der Waals surface area contributed by atoms with Crippen LogP contribution in [0.25, 0.3) is 0 Å².